The summed E-state index contributed by atoms with van der Waals surface area (Å²) in [5.41, 5.74) is 6.18. The van der Waals surface area contributed by atoms with Crippen LogP contribution in [0.25, 0.3) is 28.3 Å². The van der Waals surface area contributed by atoms with Crippen molar-refractivity contribution in [3.63, 3.8) is 0 Å². The molecule has 0 amide bonds. The number of hydrogen-bond donors (Lipinski definition) is 1. The lowest BCUT2D eigenvalue weighted by Crippen LogP contribution is -2.25. The summed E-state index contributed by atoms with van der Waals surface area (Å²) in [6.07, 6.45) is 5.46. The van der Waals surface area contributed by atoms with Crippen molar-refractivity contribution >= 4 is 11.6 Å². The normalized spacial score (nSPS) is 11.4. The fraction of sp³-hybridized carbons (Fsp3) is 0.250. The molecule has 188 valence electrons. The lowest BCUT2D eigenvalue weighted by Gasteiger charge is -2.14. The summed E-state index contributed by atoms with van der Waals surface area (Å²) in [5, 5.41) is 14.8. The van der Waals surface area contributed by atoms with E-state index in [4.69, 9.17) is 16.6 Å². The molecule has 3 heterocycles. The summed E-state index contributed by atoms with van der Waals surface area (Å²) >= 11 is 6.61. The number of aromatic nitrogens is 7. The summed E-state index contributed by atoms with van der Waals surface area (Å²) in [6, 6.07) is 17.6. The van der Waals surface area contributed by atoms with Crippen LogP contribution in [0.3, 0.4) is 0 Å². The van der Waals surface area contributed by atoms with E-state index in [-0.39, 0.29) is 11.6 Å². The highest BCUT2D eigenvalue weighted by atomic mass is 35.5. The minimum absolute atomic E-state index is 0.106. The zero-order valence-corrected chi connectivity index (χ0v) is 21.8. The molecule has 3 aromatic heterocycles. The summed E-state index contributed by atoms with van der Waals surface area (Å²) < 4.78 is 3.52. The lowest BCUT2D eigenvalue weighted by molar-refractivity contribution is 0.688. The summed E-state index contributed by atoms with van der Waals surface area (Å²) in [7, 11) is 0. The quantitative estimate of drug-likeness (QED) is 0.289. The molecule has 0 aliphatic rings. The van der Waals surface area contributed by atoms with Gasteiger partial charge in [0, 0.05) is 29.2 Å². The number of tetrazole rings is 1. The third-order valence-corrected chi connectivity index (χ3v) is 6.72. The Kier molecular flexibility index (Phi) is 7.01. The zero-order chi connectivity index (χ0) is 25.9. The fourth-order valence-corrected chi connectivity index (χ4v) is 4.88. The number of hydrogen-bond acceptors (Lipinski definition) is 5. The van der Waals surface area contributed by atoms with E-state index in [1.807, 2.05) is 71.6 Å². The predicted molar refractivity (Wildman–Crippen MR) is 145 cm³/mol. The van der Waals surface area contributed by atoms with Crippen molar-refractivity contribution in [1.29, 1.82) is 0 Å². The maximum absolute atomic E-state index is 13.7. The van der Waals surface area contributed by atoms with Crippen LogP contribution in [0.15, 0.2) is 71.8 Å². The third-order valence-electron chi connectivity index (χ3n) is 6.42. The highest BCUT2D eigenvalue weighted by molar-refractivity contribution is 6.32. The molecular weight excluding hydrogens is 486 g/mol. The number of nitrogens with one attached hydrogen (secondary N) is 1. The number of halogens is 1. The predicted octanol–water partition coefficient (Wildman–Crippen LogP) is 5.66. The Morgan fingerprint density at radius 1 is 1.03 bits per heavy atom. The smallest absolute Gasteiger partial charge is 0.292 e. The van der Waals surface area contributed by atoms with Crippen LogP contribution in [0.4, 0.5) is 0 Å². The fourth-order valence-electron chi connectivity index (χ4n) is 4.61. The number of para-hydroxylation sites is 1. The first-order chi connectivity index (χ1) is 18.0. The van der Waals surface area contributed by atoms with Crippen molar-refractivity contribution in [2.45, 2.75) is 46.1 Å². The Morgan fingerprint density at radius 3 is 2.51 bits per heavy atom. The van der Waals surface area contributed by atoms with Gasteiger partial charge in [-0.05, 0) is 46.0 Å². The number of nitrogens with zero attached hydrogens (tertiary/aromatic N) is 6. The van der Waals surface area contributed by atoms with Crippen LogP contribution in [-0.4, -0.2) is 34.7 Å². The number of aromatic amines is 1. The Labute approximate surface area is 220 Å². The Hall–Kier alpha value is -4.04. The second-order valence-electron chi connectivity index (χ2n) is 9.29. The molecule has 9 heteroatoms. The number of imidazole rings is 1. The summed E-state index contributed by atoms with van der Waals surface area (Å²) in [6.45, 7) is 6.74. The molecule has 0 unspecified atom stereocenters. The van der Waals surface area contributed by atoms with Gasteiger partial charge < -0.3 is 0 Å². The number of rotatable bonds is 8. The van der Waals surface area contributed by atoms with E-state index >= 15 is 0 Å². The van der Waals surface area contributed by atoms with Crippen LogP contribution in [0.2, 0.25) is 5.02 Å². The molecule has 0 bridgehead atoms. The van der Waals surface area contributed by atoms with Gasteiger partial charge in [-0.2, -0.15) is 0 Å². The van der Waals surface area contributed by atoms with Crippen LogP contribution in [0.5, 0.6) is 0 Å². The minimum Gasteiger partial charge on any atom is -0.292 e. The van der Waals surface area contributed by atoms with Crippen molar-refractivity contribution in [2.75, 3.05) is 0 Å². The molecule has 0 atom stereocenters. The van der Waals surface area contributed by atoms with Gasteiger partial charge in [0.25, 0.3) is 0 Å². The third kappa shape index (κ3) is 4.84. The molecule has 0 radical (unpaired) electrons. The Balaban J connectivity index is 1.51. The molecule has 0 saturated carbocycles. The van der Waals surface area contributed by atoms with Crippen molar-refractivity contribution in [3.05, 3.63) is 99.3 Å². The standard InChI is InChI=1S/C28H28ClN7O/c1-4-8-20-17-36(26-21(18(2)3)11-7-12-24(26)29)28(37)35(20)16-19-13-14-25(30-15-19)22-9-5-6-10-23(22)27-31-33-34-32-27/h5-7,9-15,17-18H,4,8,16H2,1-3H3,(H,31,32,33,34). The van der Waals surface area contributed by atoms with Crippen molar-refractivity contribution in [3.8, 4) is 28.3 Å². The van der Waals surface area contributed by atoms with Gasteiger partial charge in [0.05, 0.1) is 22.9 Å². The molecule has 0 aliphatic heterocycles. The van der Waals surface area contributed by atoms with E-state index in [0.717, 1.165) is 52.2 Å². The van der Waals surface area contributed by atoms with E-state index in [1.165, 1.54) is 0 Å². The first-order valence-corrected chi connectivity index (χ1v) is 12.7. The topological polar surface area (TPSA) is 94.3 Å². The Bertz CT molecular complexity index is 1570. The molecule has 2 aromatic carbocycles. The highest BCUT2D eigenvalue weighted by Crippen LogP contribution is 2.30. The van der Waals surface area contributed by atoms with Crippen LogP contribution in [-0.2, 0) is 13.0 Å². The minimum atomic E-state index is -0.106. The van der Waals surface area contributed by atoms with Gasteiger partial charge in [-0.3, -0.25) is 14.1 Å². The van der Waals surface area contributed by atoms with E-state index < -0.39 is 0 Å². The molecule has 1 N–H and O–H groups in total. The monoisotopic (exact) mass is 513 g/mol. The SMILES string of the molecule is CCCc1cn(-c2c(Cl)cccc2C(C)C)c(=O)n1Cc1ccc(-c2ccccc2-c2nnn[nH]2)nc1. The van der Waals surface area contributed by atoms with E-state index in [1.54, 1.807) is 4.57 Å². The molecule has 37 heavy (non-hydrogen) atoms. The molecule has 8 nitrogen and oxygen atoms in total. The average Bonchev–Trinajstić information content (AvgIpc) is 3.54. The highest BCUT2D eigenvalue weighted by Gasteiger charge is 2.19. The second-order valence-corrected chi connectivity index (χ2v) is 9.70. The maximum Gasteiger partial charge on any atom is 0.333 e. The number of pyridine rings is 1. The molecular formula is C28H28ClN7O. The van der Waals surface area contributed by atoms with Crippen LogP contribution in [0.1, 0.15) is 49.9 Å². The first-order valence-electron chi connectivity index (χ1n) is 12.4. The van der Waals surface area contributed by atoms with Gasteiger partial charge in [-0.1, -0.05) is 81.3 Å². The summed E-state index contributed by atoms with van der Waals surface area (Å²) in [5.74, 6) is 0.810. The van der Waals surface area contributed by atoms with E-state index in [0.29, 0.717) is 17.4 Å². The number of benzene rings is 2. The van der Waals surface area contributed by atoms with Crippen molar-refractivity contribution in [1.82, 2.24) is 34.7 Å². The zero-order valence-electron chi connectivity index (χ0n) is 21.0. The maximum atomic E-state index is 13.7. The van der Waals surface area contributed by atoms with Crippen molar-refractivity contribution in [2.24, 2.45) is 0 Å². The van der Waals surface area contributed by atoms with Gasteiger partial charge in [-0.15, -0.1) is 5.10 Å². The molecule has 0 fully saturated rings. The molecule has 0 aliphatic carbocycles. The molecule has 5 rings (SSSR count). The summed E-state index contributed by atoms with van der Waals surface area (Å²) in [4.78, 5) is 18.4. The van der Waals surface area contributed by atoms with Crippen LogP contribution in [0, 0.1) is 0 Å². The Morgan fingerprint density at radius 2 is 1.84 bits per heavy atom. The second kappa shape index (κ2) is 10.5. The first kappa shape index (κ1) is 24.6. The molecule has 0 saturated heterocycles. The van der Waals surface area contributed by atoms with Gasteiger partial charge >= 0.3 is 5.69 Å². The van der Waals surface area contributed by atoms with Crippen molar-refractivity contribution < 1.29 is 0 Å². The van der Waals surface area contributed by atoms with Crippen LogP contribution >= 0.6 is 11.6 Å². The van der Waals surface area contributed by atoms with E-state index in [9.17, 15) is 4.79 Å². The lowest BCUT2D eigenvalue weighted by atomic mass is 10.0. The number of aryl methyl sites for hydroxylation is 1. The van der Waals surface area contributed by atoms with Gasteiger partial charge in [0.15, 0.2) is 5.82 Å². The number of H-pyrrole nitrogens is 1. The van der Waals surface area contributed by atoms with E-state index in [2.05, 4.69) is 41.4 Å². The van der Waals surface area contributed by atoms with Crippen LogP contribution < -0.4 is 5.69 Å². The van der Waals surface area contributed by atoms with Gasteiger partial charge in [0.1, 0.15) is 0 Å². The average molecular weight is 514 g/mol. The van der Waals surface area contributed by atoms with Gasteiger partial charge in [0.2, 0.25) is 0 Å². The molecule has 0 spiro atoms. The molecule has 5 aromatic rings. The van der Waals surface area contributed by atoms with Gasteiger partial charge in [-0.25, -0.2) is 9.89 Å². The largest absolute Gasteiger partial charge is 0.333 e.